The summed E-state index contributed by atoms with van der Waals surface area (Å²) in [7, 11) is 0. The second-order valence-electron chi connectivity index (χ2n) is 3.85. The quantitative estimate of drug-likeness (QED) is 0.676. The fourth-order valence-corrected chi connectivity index (χ4v) is 2.02. The lowest BCUT2D eigenvalue weighted by molar-refractivity contribution is -0.324. The minimum absolute atomic E-state index is 0.133. The molecule has 1 aromatic heterocycles. The van der Waals surface area contributed by atoms with E-state index in [1.165, 1.54) is 11.4 Å². The molecule has 0 aliphatic rings. The second kappa shape index (κ2) is 7.15. The fourth-order valence-electron chi connectivity index (χ4n) is 1.28. The summed E-state index contributed by atoms with van der Waals surface area (Å²) in [6, 6.07) is 1.35. The van der Waals surface area contributed by atoms with E-state index in [9.17, 15) is 26.3 Å². The van der Waals surface area contributed by atoms with E-state index in [2.05, 4.69) is 16.6 Å². The van der Waals surface area contributed by atoms with Crippen molar-refractivity contribution in [1.82, 2.24) is 0 Å². The summed E-state index contributed by atoms with van der Waals surface area (Å²) in [4.78, 5) is 0.196. The highest BCUT2D eigenvalue weighted by Crippen LogP contribution is 2.36. The average Bonchev–Trinajstić information content (AvgIpc) is 2.74. The Hall–Kier alpha value is -1.24. The van der Waals surface area contributed by atoms with Gasteiger partial charge in [0.05, 0.1) is 13.2 Å². The number of aliphatic hydroxyl groups excluding tert-OH is 1. The van der Waals surface area contributed by atoms with Crippen LogP contribution in [0.3, 0.4) is 0 Å². The van der Waals surface area contributed by atoms with Gasteiger partial charge in [0.25, 0.3) is 0 Å². The number of alkyl halides is 6. The number of hydrogen-bond donors (Lipinski definition) is 1. The van der Waals surface area contributed by atoms with Crippen LogP contribution in [0.4, 0.5) is 26.3 Å². The monoisotopic (exact) mass is 332 g/mol. The molecule has 0 aliphatic carbocycles. The number of hydrogen-bond acceptors (Lipinski definition) is 3. The third-order valence-electron chi connectivity index (χ3n) is 2.11. The molecule has 1 N–H and O–H groups in total. The van der Waals surface area contributed by atoms with Crippen molar-refractivity contribution in [2.75, 3.05) is 6.61 Å². The van der Waals surface area contributed by atoms with Gasteiger partial charge >= 0.3 is 12.4 Å². The molecule has 0 saturated heterocycles. The Morgan fingerprint density at radius 2 is 1.81 bits per heavy atom. The van der Waals surface area contributed by atoms with Crippen LogP contribution in [0.2, 0.25) is 0 Å². The lowest BCUT2D eigenvalue weighted by Crippen LogP contribution is -2.44. The molecule has 0 fully saturated rings. The molecule has 9 heteroatoms. The predicted octanol–water partition coefficient (Wildman–Crippen LogP) is 3.49. The Balaban J connectivity index is 2.68. The summed E-state index contributed by atoms with van der Waals surface area (Å²) >= 11 is 0.946. The molecule has 1 aromatic rings. The highest BCUT2D eigenvalue weighted by molar-refractivity contribution is 7.10. The summed E-state index contributed by atoms with van der Waals surface area (Å²) in [5.41, 5.74) is 0.447. The number of aliphatic hydroxyl groups is 1. The standard InChI is InChI=1S/C12H10F6O2S/c13-11(14,15)10(12(16,17)18)20-6-9-5-8(7-21-9)3-1-2-4-19/h5,7,10,19H,2,4,6H2. The van der Waals surface area contributed by atoms with Crippen molar-refractivity contribution >= 4 is 11.3 Å². The topological polar surface area (TPSA) is 29.5 Å². The molecule has 0 unspecified atom stereocenters. The summed E-state index contributed by atoms with van der Waals surface area (Å²) in [5.74, 6) is 5.20. The van der Waals surface area contributed by atoms with Crippen LogP contribution >= 0.6 is 11.3 Å². The van der Waals surface area contributed by atoms with Crippen molar-refractivity contribution in [3.05, 3.63) is 21.9 Å². The van der Waals surface area contributed by atoms with Crippen molar-refractivity contribution in [3.63, 3.8) is 0 Å². The molecule has 0 aromatic carbocycles. The van der Waals surface area contributed by atoms with Crippen molar-refractivity contribution in [2.24, 2.45) is 0 Å². The first-order valence-electron chi connectivity index (χ1n) is 5.56. The van der Waals surface area contributed by atoms with E-state index in [1.54, 1.807) is 0 Å². The molecule has 21 heavy (non-hydrogen) atoms. The van der Waals surface area contributed by atoms with E-state index in [0.717, 1.165) is 11.3 Å². The lowest BCUT2D eigenvalue weighted by Gasteiger charge is -2.22. The van der Waals surface area contributed by atoms with Crippen LogP contribution < -0.4 is 0 Å². The van der Waals surface area contributed by atoms with Crippen molar-refractivity contribution in [3.8, 4) is 11.8 Å². The summed E-state index contributed by atoms with van der Waals surface area (Å²) in [6.07, 6.45) is -14.6. The minimum Gasteiger partial charge on any atom is -0.395 e. The van der Waals surface area contributed by atoms with Gasteiger partial charge in [-0.15, -0.1) is 11.3 Å². The molecule has 2 nitrogen and oxygen atoms in total. The van der Waals surface area contributed by atoms with Gasteiger partial charge in [0.1, 0.15) is 0 Å². The molecule has 1 rings (SSSR count). The number of ether oxygens (including phenoxy) is 1. The molecule has 0 spiro atoms. The van der Waals surface area contributed by atoms with Crippen LogP contribution in [0.5, 0.6) is 0 Å². The van der Waals surface area contributed by atoms with Crippen LogP contribution in [0.15, 0.2) is 11.4 Å². The van der Waals surface area contributed by atoms with Gasteiger partial charge in [-0.25, -0.2) is 0 Å². The molecule has 0 radical (unpaired) electrons. The van der Waals surface area contributed by atoms with Gasteiger partial charge in [-0.3, -0.25) is 0 Å². The first kappa shape index (κ1) is 17.8. The van der Waals surface area contributed by atoms with Crippen molar-refractivity contribution in [1.29, 1.82) is 0 Å². The van der Waals surface area contributed by atoms with Crippen LogP contribution in [0, 0.1) is 11.8 Å². The van der Waals surface area contributed by atoms with Crippen LogP contribution in [-0.2, 0) is 11.3 Å². The fraction of sp³-hybridized carbons (Fsp3) is 0.500. The average molecular weight is 332 g/mol. The van der Waals surface area contributed by atoms with Crippen LogP contribution in [0.25, 0.3) is 0 Å². The molecule has 0 aliphatic heterocycles. The summed E-state index contributed by atoms with van der Waals surface area (Å²) < 4.78 is 77.4. The molecular formula is C12H10F6O2S. The Morgan fingerprint density at radius 1 is 1.19 bits per heavy atom. The summed E-state index contributed by atoms with van der Waals surface area (Å²) in [5, 5.41) is 10.00. The van der Waals surface area contributed by atoms with Crippen LogP contribution in [0.1, 0.15) is 16.9 Å². The summed E-state index contributed by atoms with van der Waals surface area (Å²) in [6.45, 7) is -0.942. The number of halogens is 6. The molecule has 0 atom stereocenters. The van der Waals surface area contributed by atoms with Crippen molar-refractivity contribution in [2.45, 2.75) is 31.5 Å². The SMILES string of the molecule is OCCC#Cc1csc(COC(C(F)(F)F)C(F)(F)F)c1. The first-order valence-corrected chi connectivity index (χ1v) is 6.44. The number of thiophene rings is 1. The predicted molar refractivity (Wildman–Crippen MR) is 63.6 cm³/mol. The Labute approximate surface area is 120 Å². The van der Waals surface area contributed by atoms with Gasteiger partial charge in [-0.05, 0) is 6.07 Å². The van der Waals surface area contributed by atoms with Gasteiger partial charge in [0.15, 0.2) is 0 Å². The van der Waals surface area contributed by atoms with Gasteiger partial charge in [0.2, 0.25) is 6.10 Å². The molecule has 0 bridgehead atoms. The molecule has 0 amide bonds. The molecule has 1 heterocycles. The molecular weight excluding hydrogens is 322 g/mol. The number of rotatable bonds is 4. The Kier molecular flexibility index (Phi) is 6.07. The van der Waals surface area contributed by atoms with Gasteiger partial charge in [-0.1, -0.05) is 11.8 Å². The van der Waals surface area contributed by atoms with E-state index < -0.39 is 25.1 Å². The molecule has 0 saturated carbocycles. The van der Waals surface area contributed by atoms with Gasteiger partial charge in [0, 0.05) is 22.2 Å². The zero-order valence-electron chi connectivity index (χ0n) is 10.4. The maximum absolute atomic E-state index is 12.2. The van der Waals surface area contributed by atoms with E-state index in [-0.39, 0.29) is 17.9 Å². The Morgan fingerprint density at radius 3 is 2.33 bits per heavy atom. The normalized spacial score (nSPS) is 12.4. The molecule has 118 valence electrons. The third-order valence-corrected chi connectivity index (χ3v) is 3.02. The largest absolute Gasteiger partial charge is 0.423 e. The zero-order valence-corrected chi connectivity index (χ0v) is 11.2. The van der Waals surface area contributed by atoms with Gasteiger partial charge in [-0.2, -0.15) is 26.3 Å². The van der Waals surface area contributed by atoms with E-state index >= 15 is 0 Å². The van der Waals surface area contributed by atoms with Gasteiger partial charge < -0.3 is 9.84 Å². The van der Waals surface area contributed by atoms with E-state index in [4.69, 9.17) is 5.11 Å². The maximum atomic E-state index is 12.2. The highest BCUT2D eigenvalue weighted by Gasteiger charge is 2.57. The first-order chi connectivity index (χ1) is 9.64. The van der Waals surface area contributed by atoms with Crippen LogP contribution in [-0.4, -0.2) is 30.2 Å². The smallest absolute Gasteiger partial charge is 0.395 e. The second-order valence-corrected chi connectivity index (χ2v) is 4.85. The van der Waals surface area contributed by atoms with E-state index in [1.807, 2.05) is 0 Å². The zero-order chi connectivity index (χ0) is 16.1. The van der Waals surface area contributed by atoms with E-state index in [0.29, 0.717) is 5.56 Å². The Bertz CT molecular complexity index is 494. The lowest BCUT2D eigenvalue weighted by atomic mass is 10.3. The minimum atomic E-state index is -5.51. The van der Waals surface area contributed by atoms with Crippen molar-refractivity contribution < 1.29 is 36.2 Å². The highest BCUT2D eigenvalue weighted by atomic mass is 32.1. The maximum Gasteiger partial charge on any atom is 0.423 e. The third kappa shape index (κ3) is 5.95.